The third-order valence-electron chi connectivity index (χ3n) is 4.85. The SMILES string of the molecule is Cc1cc(C)cc(-n2nnc3c(=O)n(CC(=O)Nc4ccc5c(c4)OCO5)cnc32)c1. The van der Waals surface area contributed by atoms with Gasteiger partial charge in [0.05, 0.1) is 5.69 Å². The number of fused-ring (bicyclic) bond motifs is 2. The highest BCUT2D eigenvalue weighted by molar-refractivity contribution is 5.91. The van der Waals surface area contributed by atoms with Crippen molar-refractivity contribution in [3.8, 4) is 17.2 Å². The highest BCUT2D eigenvalue weighted by atomic mass is 16.7. The Morgan fingerprint density at radius 1 is 1.10 bits per heavy atom. The van der Waals surface area contributed by atoms with Crippen LogP contribution in [0.2, 0.25) is 0 Å². The van der Waals surface area contributed by atoms with Gasteiger partial charge >= 0.3 is 0 Å². The van der Waals surface area contributed by atoms with Crippen LogP contribution in [0.5, 0.6) is 11.5 Å². The number of ether oxygens (including phenoxy) is 2. The van der Waals surface area contributed by atoms with Crippen molar-refractivity contribution in [3.05, 3.63) is 64.2 Å². The zero-order valence-electron chi connectivity index (χ0n) is 16.8. The summed E-state index contributed by atoms with van der Waals surface area (Å²) in [6, 6.07) is 11.0. The number of carbonyl (C=O) groups is 1. The number of rotatable bonds is 4. The standard InChI is InChI=1S/C21H18N6O4/c1-12-5-13(2)7-15(6-12)27-20-19(24-25-27)21(29)26(10-22-20)9-18(28)23-14-3-4-16-17(8-14)31-11-30-16/h3-8,10H,9,11H2,1-2H3,(H,23,28). The summed E-state index contributed by atoms with van der Waals surface area (Å²) in [4.78, 5) is 29.6. The monoisotopic (exact) mass is 418 g/mol. The summed E-state index contributed by atoms with van der Waals surface area (Å²) in [6.45, 7) is 3.90. The number of nitrogens with zero attached hydrogens (tertiary/aromatic N) is 5. The summed E-state index contributed by atoms with van der Waals surface area (Å²) in [5.74, 6) is 0.792. The second-order valence-corrected chi connectivity index (χ2v) is 7.31. The van der Waals surface area contributed by atoms with Gasteiger partial charge in [0.25, 0.3) is 5.56 Å². The number of aryl methyl sites for hydroxylation is 2. The molecular formula is C21H18N6O4. The van der Waals surface area contributed by atoms with Gasteiger partial charge in [-0.25, -0.2) is 4.98 Å². The molecule has 1 amide bonds. The van der Waals surface area contributed by atoms with Crippen LogP contribution in [0.1, 0.15) is 11.1 Å². The van der Waals surface area contributed by atoms with Gasteiger partial charge in [0.15, 0.2) is 22.7 Å². The molecule has 0 unspecified atom stereocenters. The number of amides is 1. The lowest BCUT2D eigenvalue weighted by molar-refractivity contribution is -0.116. The molecule has 0 saturated heterocycles. The third kappa shape index (κ3) is 3.48. The Labute approximate surface area is 176 Å². The van der Waals surface area contributed by atoms with Crippen LogP contribution in [-0.4, -0.2) is 37.2 Å². The van der Waals surface area contributed by atoms with E-state index in [1.807, 2.05) is 32.0 Å². The molecule has 0 atom stereocenters. The first-order valence-corrected chi connectivity index (χ1v) is 9.57. The Kier molecular flexibility index (Phi) is 4.39. The predicted octanol–water partition coefficient (Wildman–Crippen LogP) is 1.96. The van der Waals surface area contributed by atoms with E-state index in [2.05, 4.69) is 20.6 Å². The first-order chi connectivity index (χ1) is 15.0. The number of hydrogen-bond acceptors (Lipinski definition) is 7. The second kappa shape index (κ2) is 7.24. The molecular weight excluding hydrogens is 400 g/mol. The predicted molar refractivity (Wildman–Crippen MR) is 112 cm³/mol. The molecule has 0 aliphatic carbocycles. The fourth-order valence-corrected chi connectivity index (χ4v) is 3.53. The molecule has 0 spiro atoms. The smallest absolute Gasteiger partial charge is 0.284 e. The molecule has 0 fully saturated rings. The van der Waals surface area contributed by atoms with Crippen LogP contribution < -0.4 is 20.3 Å². The van der Waals surface area contributed by atoms with Crippen LogP contribution in [0.3, 0.4) is 0 Å². The van der Waals surface area contributed by atoms with Crippen molar-refractivity contribution in [2.24, 2.45) is 0 Å². The lowest BCUT2D eigenvalue weighted by atomic mass is 10.1. The summed E-state index contributed by atoms with van der Waals surface area (Å²) < 4.78 is 13.3. The van der Waals surface area contributed by atoms with E-state index in [1.165, 1.54) is 15.6 Å². The van der Waals surface area contributed by atoms with Gasteiger partial charge in [-0.15, -0.1) is 5.10 Å². The van der Waals surface area contributed by atoms with Crippen LogP contribution in [0, 0.1) is 13.8 Å². The topological polar surface area (TPSA) is 113 Å². The zero-order chi connectivity index (χ0) is 21.5. The Morgan fingerprint density at radius 3 is 2.68 bits per heavy atom. The largest absolute Gasteiger partial charge is 0.454 e. The molecule has 2 aromatic heterocycles. The summed E-state index contributed by atoms with van der Waals surface area (Å²) >= 11 is 0. The molecule has 2 aromatic carbocycles. The van der Waals surface area contributed by atoms with Crippen molar-refractivity contribution in [1.29, 1.82) is 0 Å². The molecule has 1 aliphatic heterocycles. The average Bonchev–Trinajstić information content (AvgIpc) is 3.36. The van der Waals surface area contributed by atoms with E-state index < -0.39 is 5.56 Å². The minimum atomic E-state index is -0.443. The first kappa shape index (κ1) is 18.8. The third-order valence-corrected chi connectivity index (χ3v) is 4.85. The lowest BCUT2D eigenvalue weighted by Gasteiger charge is -2.08. The number of anilines is 1. The Hall–Kier alpha value is -4.21. The molecule has 0 saturated carbocycles. The number of carbonyl (C=O) groups excluding carboxylic acids is 1. The molecule has 31 heavy (non-hydrogen) atoms. The van der Waals surface area contributed by atoms with Crippen LogP contribution in [0.25, 0.3) is 16.9 Å². The van der Waals surface area contributed by atoms with E-state index in [4.69, 9.17) is 9.47 Å². The van der Waals surface area contributed by atoms with Crippen molar-refractivity contribution in [2.75, 3.05) is 12.1 Å². The van der Waals surface area contributed by atoms with E-state index in [-0.39, 0.29) is 24.8 Å². The second-order valence-electron chi connectivity index (χ2n) is 7.31. The van der Waals surface area contributed by atoms with Crippen LogP contribution in [0.4, 0.5) is 5.69 Å². The van der Waals surface area contributed by atoms with Crippen molar-refractivity contribution < 1.29 is 14.3 Å². The van der Waals surface area contributed by atoms with Gasteiger partial charge in [0.2, 0.25) is 12.7 Å². The quantitative estimate of drug-likeness (QED) is 0.539. The summed E-state index contributed by atoms with van der Waals surface area (Å²) in [5, 5.41) is 10.8. The van der Waals surface area contributed by atoms with Crippen molar-refractivity contribution >= 4 is 22.8 Å². The average molecular weight is 418 g/mol. The van der Waals surface area contributed by atoms with Gasteiger partial charge in [-0.05, 0) is 49.2 Å². The van der Waals surface area contributed by atoms with Crippen LogP contribution in [-0.2, 0) is 11.3 Å². The molecule has 156 valence electrons. The normalized spacial score (nSPS) is 12.3. The van der Waals surface area contributed by atoms with E-state index >= 15 is 0 Å². The van der Waals surface area contributed by atoms with E-state index in [0.29, 0.717) is 22.8 Å². The van der Waals surface area contributed by atoms with Gasteiger partial charge in [-0.1, -0.05) is 11.3 Å². The Balaban J connectivity index is 1.40. The molecule has 1 aliphatic rings. The Morgan fingerprint density at radius 2 is 1.87 bits per heavy atom. The molecule has 0 bridgehead atoms. The highest BCUT2D eigenvalue weighted by Gasteiger charge is 2.17. The highest BCUT2D eigenvalue weighted by Crippen LogP contribution is 2.34. The fourth-order valence-electron chi connectivity index (χ4n) is 3.53. The molecule has 4 aromatic rings. The summed E-state index contributed by atoms with van der Waals surface area (Å²) in [5.41, 5.74) is 3.42. The molecule has 10 heteroatoms. The van der Waals surface area contributed by atoms with Gasteiger partial charge < -0.3 is 14.8 Å². The first-order valence-electron chi connectivity index (χ1n) is 9.57. The maximum Gasteiger partial charge on any atom is 0.284 e. The van der Waals surface area contributed by atoms with Gasteiger partial charge in [0, 0.05) is 11.8 Å². The van der Waals surface area contributed by atoms with E-state index in [9.17, 15) is 9.59 Å². The van der Waals surface area contributed by atoms with Gasteiger partial charge in [-0.3, -0.25) is 14.2 Å². The van der Waals surface area contributed by atoms with Crippen molar-refractivity contribution in [1.82, 2.24) is 24.5 Å². The molecule has 3 heterocycles. The molecule has 0 radical (unpaired) electrons. The molecule has 5 rings (SSSR count). The Bertz CT molecular complexity index is 1370. The summed E-state index contributed by atoms with van der Waals surface area (Å²) in [6.07, 6.45) is 1.33. The molecule has 1 N–H and O–H groups in total. The number of aromatic nitrogens is 5. The van der Waals surface area contributed by atoms with Crippen LogP contribution >= 0.6 is 0 Å². The summed E-state index contributed by atoms with van der Waals surface area (Å²) in [7, 11) is 0. The minimum Gasteiger partial charge on any atom is -0.454 e. The fraction of sp³-hybridized carbons (Fsp3) is 0.190. The van der Waals surface area contributed by atoms with Crippen molar-refractivity contribution in [2.45, 2.75) is 20.4 Å². The number of benzene rings is 2. The van der Waals surface area contributed by atoms with E-state index in [0.717, 1.165) is 16.8 Å². The zero-order valence-corrected chi connectivity index (χ0v) is 16.8. The van der Waals surface area contributed by atoms with Gasteiger partial charge in [0.1, 0.15) is 12.9 Å². The van der Waals surface area contributed by atoms with Gasteiger partial charge in [-0.2, -0.15) is 4.68 Å². The maximum absolute atomic E-state index is 12.8. The number of hydrogen-bond donors (Lipinski definition) is 1. The van der Waals surface area contributed by atoms with Crippen molar-refractivity contribution in [3.63, 3.8) is 0 Å². The number of nitrogens with one attached hydrogen (secondary N) is 1. The lowest BCUT2D eigenvalue weighted by Crippen LogP contribution is -2.28. The maximum atomic E-state index is 12.8. The molecule has 10 nitrogen and oxygen atoms in total. The minimum absolute atomic E-state index is 0.0949. The van der Waals surface area contributed by atoms with Crippen LogP contribution in [0.15, 0.2) is 47.5 Å². The van der Waals surface area contributed by atoms with E-state index in [1.54, 1.807) is 18.2 Å².